The molecule has 194 valence electrons. The van der Waals surface area contributed by atoms with Crippen molar-refractivity contribution in [3.8, 4) is 11.1 Å². The molecule has 2 amide bonds. The van der Waals surface area contributed by atoms with Gasteiger partial charge in [0.1, 0.15) is 11.6 Å². The molecule has 0 unspecified atom stereocenters. The van der Waals surface area contributed by atoms with Gasteiger partial charge in [-0.1, -0.05) is 36.4 Å². The van der Waals surface area contributed by atoms with Gasteiger partial charge in [-0.15, -0.1) is 0 Å². The summed E-state index contributed by atoms with van der Waals surface area (Å²) in [5, 5.41) is 9.17. The molecule has 0 aliphatic carbocycles. The Kier molecular flexibility index (Phi) is 6.57. The molecule has 2 heterocycles. The lowest BCUT2D eigenvalue weighted by Gasteiger charge is -2.40. The number of carboxylic acids is 1. The van der Waals surface area contributed by atoms with Crippen LogP contribution in [0.1, 0.15) is 35.7 Å². The third kappa shape index (κ3) is 4.58. The predicted octanol–water partition coefficient (Wildman–Crippen LogP) is 5.18. The molecule has 5 rings (SSSR count). The zero-order valence-electron chi connectivity index (χ0n) is 20.8. The molecule has 2 aliphatic heterocycles. The zero-order valence-corrected chi connectivity index (χ0v) is 20.8. The summed E-state index contributed by atoms with van der Waals surface area (Å²) < 4.78 is 28.2. The van der Waals surface area contributed by atoms with E-state index in [-0.39, 0.29) is 22.4 Å². The minimum absolute atomic E-state index is 0.0234. The van der Waals surface area contributed by atoms with E-state index in [9.17, 15) is 23.9 Å². The Balaban J connectivity index is 1.33. The van der Waals surface area contributed by atoms with Gasteiger partial charge in [-0.05, 0) is 66.8 Å². The quantitative estimate of drug-likeness (QED) is 0.485. The maximum Gasteiger partial charge on any atom is 0.331 e. The van der Waals surface area contributed by atoms with Crippen molar-refractivity contribution in [1.82, 2.24) is 4.90 Å². The molecule has 0 saturated carbocycles. The molecule has 1 spiro atoms. The Hall–Kier alpha value is -4.33. The number of hydrogen-bond donors (Lipinski definition) is 1. The van der Waals surface area contributed by atoms with Crippen LogP contribution < -0.4 is 4.90 Å². The van der Waals surface area contributed by atoms with Gasteiger partial charge in [-0.25, -0.2) is 13.6 Å². The van der Waals surface area contributed by atoms with Crippen molar-refractivity contribution in [3.63, 3.8) is 0 Å². The van der Waals surface area contributed by atoms with Gasteiger partial charge >= 0.3 is 5.97 Å². The van der Waals surface area contributed by atoms with Crippen molar-refractivity contribution in [1.29, 1.82) is 0 Å². The Morgan fingerprint density at radius 2 is 1.58 bits per heavy atom. The number of hydrogen-bond acceptors (Lipinski definition) is 3. The second kappa shape index (κ2) is 9.85. The molecule has 3 aromatic carbocycles. The van der Waals surface area contributed by atoms with Crippen LogP contribution in [0, 0.1) is 11.6 Å². The highest BCUT2D eigenvalue weighted by atomic mass is 19.1. The summed E-state index contributed by atoms with van der Waals surface area (Å²) >= 11 is 0. The molecule has 0 bridgehead atoms. The van der Waals surface area contributed by atoms with E-state index in [0.29, 0.717) is 43.6 Å². The second-order valence-electron chi connectivity index (χ2n) is 9.85. The highest BCUT2D eigenvalue weighted by Crippen LogP contribution is 2.47. The highest BCUT2D eigenvalue weighted by Gasteiger charge is 2.46. The monoisotopic (exact) mass is 516 g/mol. The van der Waals surface area contributed by atoms with E-state index in [1.54, 1.807) is 28.0 Å². The number of likely N-dealkylation sites (tertiary alicyclic amines) is 1. The molecule has 1 fully saturated rings. The van der Waals surface area contributed by atoms with Crippen LogP contribution in [-0.2, 0) is 15.0 Å². The third-order valence-electron chi connectivity index (χ3n) is 7.56. The lowest BCUT2D eigenvalue weighted by atomic mass is 9.74. The number of para-hydroxylation sites is 1. The van der Waals surface area contributed by atoms with Crippen LogP contribution in [0.25, 0.3) is 11.1 Å². The number of fused-ring (bicyclic) bond motifs is 2. The first kappa shape index (κ1) is 25.3. The van der Waals surface area contributed by atoms with Crippen LogP contribution in [0.5, 0.6) is 0 Å². The van der Waals surface area contributed by atoms with E-state index in [4.69, 9.17) is 0 Å². The topological polar surface area (TPSA) is 77.9 Å². The fourth-order valence-electron chi connectivity index (χ4n) is 5.40. The number of rotatable bonds is 4. The van der Waals surface area contributed by atoms with Gasteiger partial charge in [0.05, 0.1) is 5.56 Å². The lowest BCUT2D eigenvalue weighted by Crippen LogP contribution is -2.47. The molecule has 6 nitrogen and oxygen atoms in total. The van der Waals surface area contributed by atoms with Crippen LogP contribution in [0.2, 0.25) is 0 Å². The predicted molar refractivity (Wildman–Crippen MR) is 139 cm³/mol. The molecule has 1 saturated heterocycles. The van der Waals surface area contributed by atoms with Crippen LogP contribution in [0.4, 0.5) is 14.5 Å². The molecule has 2 aliphatic rings. The van der Waals surface area contributed by atoms with Crippen LogP contribution in [0.15, 0.2) is 78.4 Å². The van der Waals surface area contributed by atoms with Gasteiger partial charge in [0.25, 0.3) is 11.8 Å². The summed E-state index contributed by atoms with van der Waals surface area (Å²) in [6.07, 6.45) is 2.29. The van der Waals surface area contributed by atoms with Gasteiger partial charge in [-0.2, -0.15) is 0 Å². The van der Waals surface area contributed by atoms with E-state index in [0.717, 1.165) is 17.3 Å². The Labute approximate surface area is 218 Å². The maximum absolute atomic E-state index is 15.0. The second-order valence-corrected chi connectivity index (χ2v) is 9.85. The molecule has 0 atom stereocenters. The molecule has 3 aromatic rings. The Bertz CT molecular complexity index is 1460. The average molecular weight is 517 g/mol. The Morgan fingerprint density at radius 1 is 0.921 bits per heavy atom. The van der Waals surface area contributed by atoms with E-state index in [1.807, 2.05) is 24.3 Å². The number of aliphatic carboxylic acids is 1. The normalized spacial score (nSPS) is 16.4. The number of anilines is 1. The number of benzene rings is 3. The smallest absolute Gasteiger partial charge is 0.331 e. The maximum atomic E-state index is 15.0. The Morgan fingerprint density at radius 3 is 2.24 bits per heavy atom. The third-order valence-corrected chi connectivity index (χ3v) is 7.56. The summed E-state index contributed by atoms with van der Waals surface area (Å²) in [4.78, 5) is 40.6. The SMILES string of the molecule is C/C(=C/C(=O)N1CC2(CCN(C(=O)c3ccc(-c4ccc(F)cc4)cc3F)CC2)c2ccccc21)C(=O)O. The van der Waals surface area contributed by atoms with E-state index >= 15 is 4.39 Å². The number of carbonyl (C=O) groups excluding carboxylic acids is 2. The number of piperidine rings is 1. The number of nitrogens with zero attached hydrogens (tertiary/aromatic N) is 2. The highest BCUT2D eigenvalue weighted by molar-refractivity contribution is 6.07. The summed E-state index contributed by atoms with van der Waals surface area (Å²) in [5.41, 5.74) is 2.50. The number of amides is 2. The minimum atomic E-state index is -1.15. The number of carbonyl (C=O) groups is 3. The van der Waals surface area contributed by atoms with Crippen molar-refractivity contribution in [3.05, 3.63) is 101 Å². The molecule has 8 heteroatoms. The molecule has 0 aromatic heterocycles. The summed E-state index contributed by atoms with van der Waals surface area (Å²) in [6.45, 7) is 2.54. The average Bonchev–Trinajstić information content (AvgIpc) is 3.23. The van der Waals surface area contributed by atoms with Gasteiger partial charge in [0.15, 0.2) is 0 Å². The first-order valence-electron chi connectivity index (χ1n) is 12.4. The van der Waals surface area contributed by atoms with Gasteiger partial charge in [-0.3, -0.25) is 9.59 Å². The fourth-order valence-corrected chi connectivity index (χ4v) is 5.40. The lowest BCUT2D eigenvalue weighted by molar-refractivity contribution is -0.132. The number of halogens is 2. The van der Waals surface area contributed by atoms with Gasteiger partial charge in [0, 0.05) is 42.4 Å². The number of carboxylic acid groups (broad SMARTS) is 1. The van der Waals surface area contributed by atoms with E-state index in [1.165, 1.54) is 31.2 Å². The van der Waals surface area contributed by atoms with Crippen LogP contribution in [-0.4, -0.2) is 47.4 Å². The van der Waals surface area contributed by atoms with E-state index < -0.39 is 23.6 Å². The van der Waals surface area contributed by atoms with Crippen molar-refractivity contribution >= 4 is 23.5 Å². The summed E-state index contributed by atoms with van der Waals surface area (Å²) in [6, 6.07) is 17.7. The van der Waals surface area contributed by atoms with Gasteiger partial charge in [0.2, 0.25) is 0 Å². The molecule has 0 radical (unpaired) electrons. The van der Waals surface area contributed by atoms with Crippen molar-refractivity contribution in [2.75, 3.05) is 24.5 Å². The van der Waals surface area contributed by atoms with Crippen molar-refractivity contribution < 1.29 is 28.3 Å². The fraction of sp³-hybridized carbons (Fsp3) is 0.233. The molecular weight excluding hydrogens is 490 g/mol. The summed E-state index contributed by atoms with van der Waals surface area (Å²) in [7, 11) is 0. The summed E-state index contributed by atoms with van der Waals surface area (Å²) in [5.74, 6) is -2.96. The minimum Gasteiger partial charge on any atom is -0.478 e. The zero-order chi connectivity index (χ0) is 27.0. The molecule has 38 heavy (non-hydrogen) atoms. The van der Waals surface area contributed by atoms with Crippen LogP contribution >= 0.6 is 0 Å². The van der Waals surface area contributed by atoms with Crippen molar-refractivity contribution in [2.24, 2.45) is 0 Å². The van der Waals surface area contributed by atoms with Gasteiger partial charge < -0.3 is 14.9 Å². The van der Waals surface area contributed by atoms with Crippen LogP contribution in [0.3, 0.4) is 0 Å². The van der Waals surface area contributed by atoms with Crippen molar-refractivity contribution in [2.45, 2.75) is 25.2 Å². The molecular formula is C30H26F2N2O4. The first-order valence-corrected chi connectivity index (χ1v) is 12.4. The standard InChI is InChI=1S/C30H26F2N2O4/c1-19(29(37)38)16-27(35)34-18-30(24-4-2-3-5-26(24)34)12-14-33(15-13-30)28(36)23-11-8-21(17-25(23)32)20-6-9-22(31)10-7-20/h2-11,16-17H,12-15,18H2,1H3,(H,37,38)/b19-16-. The largest absolute Gasteiger partial charge is 0.478 e. The first-order chi connectivity index (χ1) is 18.2. The molecule has 1 N–H and O–H groups in total. The van der Waals surface area contributed by atoms with E-state index in [2.05, 4.69) is 0 Å².